The Morgan fingerprint density at radius 1 is 1.62 bits per heavy atom. The molecular formula is C8H12. The van der Waals surface area contributed by atoms with Crippen molar-refractivity contribution >= 4 is 0 Å². The predicted molar refractivity (Wildman–Crippen MR) is 34.6 cm³/mol. The molecule has 0 heteroatoms. The van der Waals surface area contributed by atoms with Crippen LogP contribution in [0.4, 0.5) is 0 Å². The summed E-state index contributed by atoms with van der Waals surface area (Å²) in [6.45, 7) is 2.36. The maximum absolute atomic E-state index is 2.43. The van der Waals surface area contributed by atoms with Crippen molar-refractivity contribution in [1.82, 2.24) is 0 Å². The SMILES string of the molecule is CC1CC12C=CCC2. The van der Waals surface area contributed by atoms with Crippen LogP contribution in [0.5, 0.6) is 0 Å². The molecule has 0 aromatic rings. The first kappa shape index (κ1) is 4.60. The molecule has 0 amide bonds. The van der Waals surface area contributed by atoms with E-state index in [1.165, 1.54) is 19.3 Å². The Kier molecular flexibility index (Phi) is 0.677. The van der Waals surface area contributed by atoms with Gasteiger partial charge in [-0.2, -0.15) is 0 Å². The lowest BCUT2D eigenvalue weighted by atomic mass is 10.0. The Hall–Kier alpha value is -0.260. The van der Waals surface area contributed by atoms with E-state index < -0.39 is 0 Å². The number of hydrogen-bond donors (Lipinski definition) is 0. The molecule has 1 spiro atoms. The van der Waals surface area contributed by atoms with E-state index in [2.05, 4.69) is 19.1 Å². The fourth-order valence-electron chi connectivity index (χ4n) is 1.85. The van der Waals surface area contributed by atoms with Crippen molar-refractivity contribution in [3.63, 3.8) is 0 Å². The van der Waals surface area contributed by atoms with Crippen molar-refractivity contribution < 1.29 is 0 Å². The summed E-state index contributed by atoms with van der Waals surface area (Å²) < 4.78 is 0. The van der Waals surface area contributed by atoms with Gasteiger partial charge in [0, 0.05) is 0 Å². The van der Waals surface area contributed by atoms with Crippen molar-refractivity contribution in [3.05, 3.63) is 12.2 Å². The molecule has 2 atom stereocenters. The van der Waals surface area contributed by atoms with Gasteiger partial charge in [-0.3, -0.25) is 0 Å². The standard InChI is InChI=1S/C8H12/c1-7-6-8(7)4-2-3-5-8/h2,4,7H,3,5-6H2,1H3. The van der Waals surface area contributed by atoms with E-state index in [9.17, 15) is 0 Å². The second-order valence-corrected chi connectivity index (χ2v) is 3.28. The van der Waals surface area contributed by atoms with Crippen LogP contribution in [0.2, 0.25) is 0 Å². The van der Waals surface area contributed by atoms with E-state index in [1.807, 2.05) is 0 Å². The molecule has 0 aromatic heterocycles. The lowest BCUT2D eigenvalue weighted by molar-refractivity contribution is 0.576. The highest BCUT2D eigenvalue weighted by atomic mass is 14.5. The molecule has 1 saturated carbocycles. The summed E-state index contributed by atoms with van der Waals surface area (Å²) in [7, 11) is 0. The summed E-state index contributed by atoms with van der Waals surface area (Å²) in [6, 6.07) is 0. The van der Waals surface area contributed by atoms with Gasteiger partial charge in [0.05, 0.1) is 0 Å². The van der Waals surface area contributed by atoms with Crippen molar-refractivity contribution in [1.29, 1.82) is 0 Å². The van der Waals surface area contributed by atoms with Gasteiger partial charge in [-0.15, -0.1) is 0 Å². The van der Waals surface area contributed by atoms with E-state index in [1.54, 1.807) is 0 Å². The molecule has 0 heterocycles. The molecule has 0 N–H and O–H groups in total. The molecule has 0 aliphatic heterocycles. The third-order valence-electron chi connectivity index (χ3n) is 2.73. The zero-order valence-corrected chi connectivity index (χ0v) is 5.35. The van der Waals surface area contributed by atoms with Gasteiger partial charge in [-0.25, -0.2) is 0 Å². The minimum Gasteiger partial charge on any atom is -0.0879 e. The molecule has 0 radical (unpaired) electrons. The van der Waals surface area contributed by atoms with Gasteiger partial charge in [0.25, 0.3) is 0 Å². The Balaban J connectivity index is 2.17. The molecule has 8 heavy (non-hydrogen) atoms. The summed E-state index contributed by atoms with van der Waals surface area (Å²) in [5.74, 6) is 1.00. The molecule has 0 saturated heterocycles. The number of allylic oxidation sites excluding steroid dienone is 2. The van der Waals surface area contributed by atoms with E-state index >= 15 is 0 Å². The van der Waals surface area contributed by atoms with E-state index in [0.717, 1.165) is 11.3 Å². The Morgan fingerprint density at radius 2 is 2.38 bits per heavy atom. The van der Waals surface area contributed by atoms with Crippen molar-refractivity contribution in [2.75, 3.05) is 0 Å². The van der Waals surface area contributed by atoms with Crippen molar-refractivity contribution in [2.24, 2.45) is 11.3 Å². The summed E-state index contributed by atoms with van der Waals surface area (Å²) in [5, 5.41) is 0. The van der Waals surface area contributed by atoms with Crippen LogP contribution in [0.3, 0.4) is 0 Å². The smallest absolute Gasteiger partial charge is 0.00865 e. The maximum atomic E-state index is 2.43. The fraction of sp³-hybridized carbons (Fsp3) is 0.750. The lowest BCUT2D eigenvalue weighted by Crippen LogP contribution is -1.90. The monoisotopic (exact) mass is 108 g/mol. The summed E-state index contributed by atoms with van der Waals surface area (Å²) in [6.07, 6.45) is 9.00. The largest absolute Gasteiger partial charge is 0.0879 e. The first-order valence-electron chi connectivity index (χ1n) is 3.51. The fourth-order valence-corrected chi connectivity index (χ4v) is 1.85. The van der Waals surface area contributed by atoms with E-state index in [0.29, 0.717) is 0 Å². The highest BCUT2D eigenvalue weighted by Gasteiger charge is 2.49. The topological polar surface area (TPSA) is 0 Å². The highest BCUT2D eigenvalue weighted by molar-refractivity contribution is 5.18. The van der Waals surface area contributed by atoms with Gasteiger partial charge in [0.15, 0.2) is 0 Å². The van der Waals surface area contributed by atoms with Gasteiger partial charge >= 0.3 is 0 Å². The maximum Gasteiger partial charge on any atom is -0.00865 e. The summed E-state index contributed by atoms with van der Waals surface area (Å²) in [4.78, 5) is 0. The normalized spacial score (nSPS) is 50.9. The second kappa shape index (κ2) is 1.18. The average Bonchev–Trinajstić information content (AvgIpc) is 2.29. The van der Waals surface area contributed by atoms with Gasteiger partial charge in [-0.1, -0.05) is 19.1 Å². The molecule has 0 nitrogen and oxygen atoms in total. The molecule has 44 valence electrons. The minimum atomic E-state index is 0.722. The van der Waals surface area contributed by atoms with Gasteiger partial charge in [-0.05, 0) is 30.6 Å². The third-order valence-corrected chi connectivity index (χ3v) is 2.73. The molecule has 2 aliphatic carbocycles. The molecule has 0 bridgehead atoms. The number of hydrogen-bond acceptors (Lipinski definition) is 0. The van der Waals surface area contributed by atoms with Crippen LogP contribution in [-0.4, -0.2) is 0 Å². The molecule has 1 fully saturated rings. The second-order valence-electron chi connectivity index (χ2n) is 3.28. The molecule has 2 rings (SSSR count). The van der Waals surface area contributed by atoms with Crippen LogP contribution >= 0.6 is 0 Å². The number of rotatable bonds is 0. The van der Waals surface area contributed by atoms with Crippen LogP contribution < -0.4 is 0 Å². The molecular weight excluding hydrogens is 96.1 g/mol. The zero-order chi connectivity index (χ0) is 5.61. The van der Waals surface area contributed by atoms with Crippen LogP contribution in [0.1, 0.15) is 26.2 Å². The molecule has 2 aliphatic rings. The Bertz CT molecular complexity index is 135. The van der Waals surface area contributed by atoms with Crippen molar-refractivity contribution in [2.45, 2.75) is 26.2 Å². The molecule has 0 aromatic carbocycles. The highest BCUT2D eigenvalue weighted by Crippen LogP contribution is 2.59. The molecule has 2 unspecified atom stereocenters. The Labute approximate surface area is 50.6 Å². The van der Waals surface area contributed by atoms with Crippen LogP contribution in [0.25, 0.3) is 0 Å². The van der Waals surface area contributed by atoms with Crippen LogP contribution in [-0.2, 0) is 0 Å². The first-order valence-corrected chi connectivity index (χ1v) is 3.51. The van der Waals surface area contributed by atoms with Crippen molar-refractivity contribution in [3.8, 4) is 0 Å². The van der Waals surface area contributed by atoms with Gasteiger partial charge in [0.1, 0.15) is 0 Å². The third kappa shape index (κ3) is 0.410. The lowest BCUT2D eigenvalue weighted by Gasteiger charge is -1.99. The predicted octanol–water partition coefficient (Wildman–Crippen LogP) is 2.36. The zero-order valence-electron chi connectivity index (χ0n) is 5.35. The quantitative estimate of drug-likeness (QED) is 0.418. The summed E-state index contributed by atoms with van der Waals surface area (Å²) in [5.41, 5.74) is 0.722. The first-order chi connectivity index (χ1) is 3.83. The van der Waals surface area contributed by atoms with E-state index in [-0.39, 0.29) is 0 Å². The summed E-state index contributed by atoms with van der Waals surface area (Å²) >= 11 is 0. The van der Waals surface area contributed by atoms with E-state index in [4.69, 9.17) is 0 Å². The van der Waals surface area contributed by atoms with Gasteiger partial charge < -0.3 is 0 Å². The average molecular weight is 108 g/mol. The van der Waals surface area contributed by atoms with Crippen LogP contribution in [0.15, 0.2) is 12.2 Å². The van der Waals surface area contributed by atoms with Gasteiger partial charge in [0.2, 0.25) is 0 Å². The minimum absolute atomic E-state index is 0.722. The van der Waals surface area contributed by atoms with Crippen LogP contribution in [0, 0.1) is 11.3 Å². The Morgan fingerprint density at radius 3 is 2.62 bits per heavy atom.